The molecule has 4 rings (SSSR count). The Kier molecular flexibility index (Phi) is 7.64. The molecule has 3 aromatic rings. The lowest BCUT2D eigenvalue weighted by Crippen LogP contribution is -2.36. The lowest BCUT2D eigenvalue weighted by atomic mass is 10.2. The third-order valence-corrected chi connectivity index (χ3v) is 5.71. The summed E-state index contributed by atoms with van der Waals surface area (Å²) in [7, 11) is 0. The van der Waals surface area contributed by atoms with Gasteiger partial charge in [-0.3, -0.25) is 9.36 Å². The molecule has 182 valence electrons. The van der Waals surface area contributed by atoms with Gasteiger partial charge in [-0.05, 0) is 26.0 Å². The first kappa shape index (κ1) is 24.0. The number of rotatable bonds is 9. The predicted molar refractivity (Wildman–Crippen MR) is 131 cm³/mol. The minimum atomic E-state index is -0.534. The van der Waals surface area contributed by atoms with Gasteiger partial charge in [0.25, 0.3) is 0 Å². The summed E-state index contributed by atoms with van der Waals surface area (Å²) < 4.78 is 23.8. The third kappa shape index (κ3) is 5.31. The maximum atomic E-state index is 12.8. The fourth-order valence-corrected chi connectivity index (χ4v) is 4.08. The molecule has 0 saturated carbocycles. The average molecular weight is 490 g/mol. The first-order chi connectivity index (χ1) is 16.5. The molecule has 0 atom stereocenters. The van der Waals surface area contributed by atoms with E-state index in [4.69, 9.17) is 30.2 Å². The molecule has 2 aromatic carbocycles. The molecule has 1 N–H and O–H groups in total. The standard InChI is InChI=1S/C24H28ClN3O6/c1-3-32-20-15-19(27-9-11-31-12-10-27)21(33-4-2)14-17(20)26-23(29)7-8-28-18-6-5-16(25)13-22(18)34-24(28)30/h5-6,13-15H,3-4,7-12H2,1-2H3,(H,26,29). The van der Waals surface area contributed by atoms with Crippen molar-refractivity contribution in [1.29, 1.82) is 0 Å². The number of oxazole rings is 1. The highest BCUT2D eigenvalue weighted by Crippen LogP contribution is 2.39. The lowest BCUT2D eigenvalue weighted by Gasteiger charge is -2.31. The molecule has 2 heterocycles. The van der Waals surface area contributed by atoms with E-state index in [-0.39, 0.29) is 18.9 Å². The van der Waals surface area contributed by atoms with Crippen LogP contribution in [0.1, 0.15) is 20.3 Å². The number of carbonyl (C=O) groups is 1. The molecule has 1 aliphatic heterocycles. The maximum Gasteiger partial charge on any atom is 0.419 e. The Hall–Kier alpha value is -3.17. The van der Waals surface area contributed by atoms with Gasteiger partial charge in [-0.1, -0.05) is 11.6 Å². The lowest BCUT2D eigenvalue weighted by molar-refractivity contribution is -0.116. The fourth-order valence-electron chi connectivity index (χ4n) is 3.92. The molecule has 0 radical (unpaired) electrons. The van der Waals surface area contributed by atoms with Gasteiger partial charge in [0.2, 0.25) is 5.91 Å². The van der Waals surface area contributed by atoms with Gasteiger partial charge in [0, 0.05) is 49.3 Å². The van der Waals surface area contributed by atoms with Gasteiger partial charge in [-0.15, -0.1) is 0 Å². The number of nitrogens with one attached hydrogen (secondary N) is 1. The number of ether oxygens (including phenoxy) is 3. The molecule has 10 heteroatoms. The van der Waals surface area contributed by atoms with Gasteiger partial charge in [0.05, 0.1) is 43.3 Å². The van der Waals surface area contributed by atoms with Gasteiger partial charge >= 0.3 is 5.76 Å². The second kappa shape index (κ2) is 10.8. The zero-order chi connectivity index (χ0) is 24.1. The summed E-state index contributed by atoms with van der Waals surface area (Å²) in [6, 6.07) is 8.64. The zero-order valence-electron chi connectivity index (χ0n) is 19.3. The number of aryl methyl sites for hydroxylation is 1. The summed E-state index contributed by atoms with van der Waals surface area (Å²) in [5, 5.41) is 3.38. The Labute approximate surface area is 202 Å². The second-order valence-electron chi connectivity index (χ2n) is 7.71. The van der Waals surface area contributed by atoms with E-state index in [1.54, 1.807) is 24.3 Å². The molecule has 0 bridgehead atoms. The second-order valence-corrected chi connectivity index (χ2v) is 8.15. The Morgan fingerprint density at radius 2 is 1.82 bits per heavy atom. The van der Waals surface area contributed by atoms with Crippen LogP contribution >= 0.6 is 11.6 Å². The highest BCUT2D eigenvalue weighted by atomic mass is 35.5. The number of hydrogen-bond donors (Lipinski definition) is 1. The molecule has 9 nitrogen and oxygen atoms in total. The molecule has 1 aliphatic rings. The summed E-state index contributed by atoms with van der Waals surface area (Å²) in [5.74, 6) is 0.421. The Balaban J connectivity index is 1.54. The van der Waals surface area contributed by atoms with Gasteiger partial charge in [-0.25, -0.2) is 4.79 Å². The highest BCUT2D eigenvalue weighted by Gasteiger charge is 2.21. The van der Waals surface area contributed by atoms with Crippen LogP contribution < -0.4 is 25.4 Å². The summed E-state index contributed by atoms with van der Waals surface area (Å²) >= 11 is 5.97. The van der Waals surface area contributed by atoms with Crippen LogP contribution in [0, 0.1) is 0 Å². The normalized spacial score (nSPS) is 13.8. The molecule has 1 saturated heterocycles. The van der Waals surface area contributed by atoms with E-state index in [2.05, 4.69) is 10.2 Å². The number of morpholine rings is 1. The molecule has 1 aromatic heterocycles. The number of fused-ring (bicyclic) bond motifs is 1. The number of aromatic nitrogens is 1. The minimum absolute atomic E-state index is 0.0674. The van der Waals surface area contributed by atoms with Crippen LogP contribution in [0.15, 0.2) is 39.5 Å². The van der Waals surface area contributed by atoms with E-state index in [0.717, 1.165) is 18.8 Å². The fraction of sp³-hybridized carbons (Fsp3) is 0.417. The van der Waals surface area contributed by atoms with Crippen molar-refractivity contribution >= 4 is 40.0 Å². The Morgan fingerprint density at radius 3 is 2.56 bits per heavy atom. The smallest absolute Gasteiger partial charge is 0.419 e. The van der Waals surface area contributed by atoms with Crippen LogP contribution in [0.2, 0.25) is 5.02 Å². The molecule has 0 aliphatic carbocycles. The van der Waals surface area contributed by atoms with E-state index >= 15 is 0 Å². The maximum absolute atomic E-state index is 12.8. The quantitative estimate of drug-likeness (QED) is 0.487. The zero-order valence-corrected chi connectivity index (χ0v) is 20.0. The first-order valence-corrected chi connectivity index (χ1v) is 11.7. The van der Waals surface area contributed by atoms with E-state index in [9.17, 15) is 9.59 Å². The number of hydrogen-bond acceptors (Lipinski definition) is 7. The average Bonchev–Trinajstić information content (AvgIpc) is 3.14. The molecule has 1 amide bonds. The highest BCUT2D eigenvalue weighted by molar-refractivity contribution is 6.31. The Bertz CT molecular complexity index is 1220. The van der Waals surface area contributed by atoms with Crippen molar-refractivity contribution in [1.82, 2.24) is 4.57 Å². The molecule has 0 spiro atoms. The SMILES string of the molecule is CCOc1cc(N2CCOCC2)c(OCC)cc1NC(=O)CCn1c(=O)oc2cc(Cl)ccc21. The Morgan fingerprint density at radius 1 is 1.09 bits per heavy atom. The van der Waals surface area contributed by atoms with Crippen molar-refractivity contribution in [3.8, 4) is 11.5 Å². The van der Waals surface area contributed by atoms with Gasteiger partial charge < -0.3 is 28.8 Å². The van der Waals surface area contributed by atoms with Crippen molar-refractivity contribution in [3.05, 3.63) is 45.9 Å². The summed E-state index contributed by atoms with van der Waals surface area (Å²) in [6.45, 7) is 7.67. The van der Waals surface area contributed by atoms with Gasteiger partial charge in [-0.2, -0.15) is 0 Å². The summed E-state index contributed by atoms with van der Waals surface area (Å²) in [6.07, 6.45) is 0.0674. The van der Waals surface area contributed by atoms with Crippen LogP contribution in [0.5, 0.6) is 11.5 Å². The van der Waals surface area contributed by atoms with Gasteiger partial charge in [0.15, 0.2) is 5.58 Å². The number of anilines is 2. The van der Waals surface area contributed by atoms with Crippen molar-refractivity contribution in [2.45, 2.75) is 26.8 Å². The minimum Gasteiger partial charge on any atom is -0.492 e. The number of nitrogens with zero attached hydrogens (tertiary/aromatic N) is 2. The van der Waals surface area contributed by atoms with Crippen LogP contribution in [-0.4, -0.2) is 50.0 Å². The van der Waals surface area contributed by atoms with Crippen LogP contribution in [-0.2, 0) is 16.1 Å². The summed E-state index contributed by atoms with van der Waals surface area (Å²) in [5.41, 5.74) is 2.40. The van der Waals surface area contributed by atoms with Crippen molar-refractivity contribution in [3.63, 3.8) is 0 Å². The topological polar surface area (TPSA) is 95.2 Å². The van der Waals surface area contributed by atoms with E-state index in [1.807, 2.05) is 19.9 Å². The predicted octanol–water partition coefficient (Wildman–Crippen LogP) is 3.91. The van der Waals surface area contributed by atoms with Gasteiger partial charge in [0.1, 0.15) is 11.5 Å². The number of benzene rings is 2. The summed E-state index contributed by atoms with van der Waals surface area (Å²) in [4.78, 5) is 27.2. The largest absolute Gasteiger partial charge is 0.492 e. The molecular weight excluding hydrogens is 462 g/mol. The van der Waals surface area contributed by atoms with Crippen LogP contribution in [0.3, 0.4) is 0 Å². The van der Waals surface area contributed by atoms with Crippen molar-refractivity contribution in [2.24, 2.45) is 0 Å². The number of carbonyl (C=O) groups excluding carboxylic acids is 1. The van der Waals surface area contributed by atoms with E-state index in [0.29, 0.717) is 59.7 Å². The van der Waals surface area contributed by atoms with E-state index in [1.165, 1.54) is 4.57 Å². The van der Waals surface area contributed by atoms with Crippen molar-refractivity contribution in [2.75, 3.05) is 49.7 Å². The molecule has 0 unspecified atom stereocenters. The van der Waals surface area contributed by atoms with Crippen LogP contribution in [0.4, 0.5) is 11.4 Å². The van der Waals surface area contributed by atoms with Crippen LogP contribution in [0.25, 0.3) is 11.1 Å². The molecule has 1 fully saturated rings. The van der Waals surface area contributed by atoms with Crippen molar-refractivity contribution < 1.29 is 23.4 Å². The third-order valence-electron chi connectivity index (χ3n) is 5.48. The first-order valence-electron chi connectivity index (χ1n) is 11.3. The number of amides is 1. The van der Waals surface area contributed by atoms with E-state index < -0.39 is 5.76 Å². The molecule has 34 heavy (non-hydrogen) atoms. The molecular formula is C24H28ClN3O6. The monoisotopic (exact) mass is 489 g/mol. The number of halogens is 1.